The largest absolute Gasteiger partial charge is 0.300 e. The van der Waals surface area contributed by atoms with Crippen molar-refractivity contribution in [3.05, 3.63) is 64.7 Å². The van der Waals surface area contributed by atoms with Crippen LogP contribution in [-0.4, -0.2) is 10.8 Å². The maximum Gasteiger partial charge on any atom is 0.134 e. The van der Waals surface area contributed by atoms with Crippen LogP contribution in [0.4, 0.5) is 0 Å². The standard InChI is InChI=1S/C17H15NOS/c1-12(19)10-13-6-8-14(9-7-13)11-17-18-15-4-2-3-5-16(15)20-17/h2-9H,10-11H2,1H3. The van der Waals surface area contributed by atoms with Crippen LogP contribution in [0.15, 0.2) is 48.5 Å². The van der Waals surface area contributed by atoms with Gasteiger partial charge >= 0.3 is 0 Å². The zero-order valence-electron chi connectivity index (χ0n) is 11.3. The Morgan fingerprint density at radius 3 is 2.45 bits per heavy atom. The van der Waals surface area contributed by atoms with E-state index in [2.05, 4.69) is 23.2 Å². The van der Waals surface area contributed by atoms with Crippen LogP contribution in [0, 0.1) is 0 Å². The van der Waals surface area contributed by atoms with Crippen molar-refractivity contribution in [2.24, 2.45) is 0 Å². The van der Waals surface area contributed by atoms with Crippen LogP contribution in [-0.2, 0) is 17.6 Å². The second kappa shape index (κ2) is 5.55. The number of ketones is 1. The lowest BCUT2D eigenvalue weighted by Gasteiger charge is -2.01. The number of hydrogen-bond donors (Lipinski definition) is 0. The first kappa shape index (κ1) is 13.0. The van der Waals surface area contributed by atoms with Gasteiger partial charge in [-0.3, -0.25) is 4.79 Å². The van der Waals surface area contributed by atoms with E-state index in [4.69, 9.17) is 0 Å². The van der Waals surface area contributed by atoms with Gasteiger partial charge in [0.05, 0.1) is 15.2 Å². The first-order valence-electron chi connectivity index (χ1n) is 6.62. The molecular formula is C17H15NOS. The number of carbonyl (C=O) groups is 1. The molecule has 0 fully saturated rings. The summed E-state index contributed by atoms with van der Waals surface area (Å²) in [5, 5.41) is 1.13. The van der Waals surface area contributed by atoms with E-state index in [1.54, 1.807) is 18.3 Å². The van der Waals surface area contributed by atoms with Gasteiger partial charge in [-0.2, -0.15) is 0 Å². The van der Waals surface area contributed by atoms with Gasteiger partial charge in [-0.15, -0.1) is 11.3 Å². The summed E-state index contributed by atoms with van der Waals surface area (Å²) < 4.78 is 1.23. The first-order chi connectivity index (χ1) is 9.70. The van der Waals surface area contributed by atoms with E-state index in [9.17, 15) is 4.79 Å². The predicted molar refractivity (Wildman–Crippen MR) is 83.3 cm³/mol. The van der Waals surface area contributed by atoms with E-state index in [0.29, 0.717) is 6.42 Å². The Labute approximate surface area is 122 Å². The van der Waals surface area contributed by atoms with E-state index < -0.39 is 0 Å². The van der Waals surface area contributed by atoms with Crippen LogP contribution in [0.25, 0.3) is 10.2 Å². The fraction of sp³-hybridized carbons (Fsp3) is 0.176. The average Bonchev–Trinajstić information content (AvgIpc) is 2.82. The van der Waals surface area contributed by atoms with Gasteiger partial charge in [0, 0.05) is 12.8 Å². The third-order valence-electron chi connectivity index (χ3n) is 3.17. The Morgan fingerprint density at radius 1 is 1.05 bits per heavy atom. The second-order valence-electron chi connectivity index (χ2n) is 4.95. The number of fused-ring (bicyclic) bond motifs is 1. The fourth-order valence-corrected chi connectivity index (χ4v) is 3.23. The van der Waals surface area contributed by atoms with Crippen LogP contribution in [0.2, 0.25) is 0 Å². The molecule has 0 unspecified atom stereocenters. The third-order valence-corrected chi connectivity index (χ3v) is 4.21. The van der Waals surface area contributed by atoms with Crippen molar-refractivity contribution < 1.29 is 4.79 Å². The molecule has 3 heteroatoms. The molecule has 0 spiro atoms. The van der Waals surface area contributed by atoms with E-state index >= 15 is 0 Å². The highest BCUT2D eigenvalue weighted by Gasteiger charge is 2.04. The minimum Gasteiger partial charge on any atom is -0.300 e. The molecule has 20 heavy (non-hydrogen) atoms. The first-order valence-corrected chi connectivity index (χ1v) is 7.44. The zero-order valence-corrected chi connectivity index (χ0v) is 12.1. The van der Waals surface area contributed by atoms with Crippen molar-refractivity contribution in [2.75, 3.05) is 0 Å². The summed E-state index contributed by atoms with van der Waals surface area (Å²) in [6.07, 6.45) is 1.36. The van der Waals surface area contributed by atoms with Crippen molar-refractivity contribution in [3.8, 4) is 0 Å². The molecule has 3 aromatic rings. The number of benzene rings is 2. The fourth-order valence-electron chi connectivity index (χ4n) is 2.23. The molecule has 0 aliphatic heterocycles. The lowest BCUT2D eigenvalue weighted by atomic mass is 10.1. The van der Waals surface area contributed by atoms with Gasteiger partial charge < -0.3 is 0 Å². The number of aromatic nitrogens is 1. The number of carbonyl (C=O) groups excluding carboxylic acids is 1. The number of nitrogens with zero attached hydrogens (tertiary/aromatic N) is 1. The summed E-state index contributed by atoms with van der Waals surface area (Å²) in [4.78, 5) is 15.7. The summed E-state index contributed by atoms with van der Waals surface area (Å²) >= 11 is 1.74. The Morgan fingerprint density at radius 2 is 1.75 bits per heavy atom. The molecule has 0 aliphatic rings. The van der Waals surface area contributed by atoms with E-state index in [0.717, 1.165) is 22.5 Å². The predicted octanol–water partition coefficient (Wildman–Crippen LogP) is 4.02. The monoisotopic (exact) mass is 281 g/mol. The number of rotatable bonds is 4. The summed E-state index contributed by atoms with van der Waals surface area (Å²) in [7, 11) is 0. The van der Waals surface area contributed by atoms with E-state index in [-0.39, 0.29) is 5.78 Å². The van der Waals surface area contributed by atoms with Crippen molar-refractivity contribution in [3.63, 3.8) is 0 Å². The lowest BCUT2D eigenvalue weighted by molar-refractivity contribution is -0.116. The van der Waals surface area contributed by atoms with E-state index in [1.165, 1.54) is 10.3 Å². The van der Waals surface area contributed by atoms with Gasteiger partial charge in [0.25, 0.3) is 0 Å². The van der Waals surface area contributed by atoms with Gasteiger partial charge in [-0.1, -0.05) is 36.4 Å². The molecule has 2 aromatic carbocycles. The molecule has 0 atom stereocenters. The minimum atomic E-state index is 0.198. The Kier molecular flexibility index (Phi) is 3.61. The number of thiazole rings is 1. The van der Waals surface area contributed by atoms with Gasteiger partial charge in [-0.05, 0) is 30.2 Å². The molecule has 100 valence electrons. The Balaban J connectivity index is 1.78. The van der Waals surface area contributed by atoms with Crippen LogP contribution in [0.3, 0.4) is 0 Å². The van der Waals surface area contributed by atoms with Crippen molar-refractivity contribution in [1.29, 1.82) is 0 Å². The SMILES string of the molecule is CC(=O)Cc1ccc(Cc2nc3ccccc3s2)cc1. The summed E-state index contributed by atoms with van der Waals surface area (Å²) in [6, 6.07) is 16.4. The number of hydrogen-bond acceptors (Lipinski definition) is 3. The van der Waals surface area contributed by atoms with Crippen LogP contribution in [0.1, 0.15) is 23.1 Å². The van der Waals surface area contributed by atoms with Gasteiger partial charge in [0.1, 0.15) is 5.78 Å². The van der Waals surface area contributed by atoms with Crippen LogP contribution in [0.5, 0.6) is 0 Å². The van der Waals surface area contributed by atoms with Crippen LogP contribution < -0.4 is 0 Å². The highest BCUT2D eigenvalue weighted by atomic mass is 32.1. The quantitative estimate of drug-likeness (QED) is 0.723. The highest BCUT2D eigenvalue weighted by Crippen LogP contribution is 2.23. The summed E-state index contributed by atoms with van der Waals surface area (Å²) in [5.74, 6) is 0.198. The molecule has 0 bridgehead atoms. The molecule has 3 rings (SSSR count). The highest BCUT2D eigenvalue weighted by molar-refractivity contribution is 7.18. The molecular weight excluding hydrogens is 266 g/mol. The molecule has 0 aliphatic carbocycles. The molecule has 1 aromatic heterocycles. The summed E-state index contributed by atoms with van der Waals surface area (Å²) in [5.41, 5.74) is 3.38. The van der Waals surface area contributed by atoms with E-state index in [1.807, 2.05) is 30.3 Å². The van der Waals surface area contributed by atoms with Crippen molar-refractivity contribution in [1.82, 2.24) is 4.98 Å². The Bertz CT molecular complexity index is 710. The maximum absolute atomic E-state index is 11.1. The maximum atomic E-state index is 11.1. The van der Waals surface area contributed by atoms with Gasteiger partial charge in [0.2, 0.25) is 0 Å². The van der Waals surface area contributed by atoms with Gasteiger partial charge in [0.15, 0.2) is 0 Å². The molecule has 0 N–H and O–H groups in total. The molecule has 0 saturated heterocycles. The smallest absolute Gasteiger partial charge is 0.134 e. The van der Waals surface area contributed by atoms with Gasteiger partial charge in [-0.25, -0.2) is 4.98 Å². The topological polar surface area (TPSA) is 30.0 Å². The molecule has 1 heterocycles. The van der Waals surface area contributed by atoms with Crippen molar-refractivity contribution >= 4 is 27.3 Å². The molecule has 2 nitrogen and oxygen atoms in total. The van der Waals surface area contributed by atoms with Crippen molar-refractivity contribution in [2.45, 2.75) is 19.8 Å². The Hall–Kier alpha value is -2.00. The summed E-state index contributed by atoms with van der Waals surface area (Å²) in [6.45, 7) is 1.62. The normalized spacial score (nSPS) is 10.8. The zero-order chi connectivity index (χ0) is 13.9. The minimum absolute atomic E-state index is 0.198. The molecule has 0 amide bonds. The molecule has 0 radical (unpaired) electrons. The van der Waals surface area contributed by atoms with Crippen LogP contribution >= 0.6 is 11.3 Å². The number of para-hydroxylation sites is 1. The third kappa shape index (κ3) is 2.94. The number of Topliss-reactive ketones (excluding diaryl/α,β-unsaturated/α-hetero) is 1. The second-order valence-corrected chi connectivity index (χ2v) is 6.06. The molecule has 0 saturated carbocycles. The lowest BCUT2D eigenvalue weighted by Crippen LogP contribution is -1.96. The average molecular weight is 281 g/mol.